The Labute approximate surface area is 162 Å². The maximum atomic E-state index is 12.6. The van der Waals surface area contributed by atoms with Crippen molar-refractivity contribution in [2.75, 3.05) is 17.7 Å². The molecule has 0 aliphatic rings. The Balaban J connectivity index is 1.82. The number of rotatable bonds is 5. The van der Waals surface area contributed by atoms with Crippen LogP contribution in [0, 0.1) is 13.8 Å². The van der Waals surface area contributed by atoms with E-state index in [1.807, 2.05) is 44.2 Å². The summed E-state index contributed by atoms with van der Waals surface area (Å²) < 4.78 is 5.29. The maximum Gasteiger partial charge on any atom is 0.274 e. The first-order valence-corrected chi connectivity index (χ1v) is 8.66. The number of aryl methyl sites for hydroxylation is 1. The second-order valence-electron chi connectivity index (χ2n) is 5.98. The van der Waals surface area contributed by atoms with Gasteiger partial charge in [-0.2, -0.15) is 0 Å². The molecule has 1 amide bonds. The number of nitrogens with zero attached hydrogens (tertiary/aromatic N) is 2. The molecule has 1 heterocycles. The average Bonchev–Trinajstić information content (AvgIpc) is 2.66. The number of carbonyl (C=O) groups is 1. The standard InChI is InChI=1S/C20H19ClN4O2/c1-12-7-8-18(27-3)16(9-12)25-20(26)17-10-19(23-11-22-17)24-15-6-4-5-14(21)13(15)2/h4-11H,1-3H3,(H,25,26)(H,22,23,24). The van der Waals surface area contributed by atoms with E-state index in [-0.39, 0.29) is 11.6 Å². The van der Waals surface area contributed by atoms with Crippen LogP contribution in [0.4, 0.5) is 17.2 Å². The summed E-state index contributed by atoms with van der Waals surface area (Å²) in [4.78, 5) is 20.9. The third kappa shape index (κ3) is 4.35. The predicted octanol–water partition coefficient (Wildman–Crippen LogP) is 4.75. The van der Waals surface area contributed by atoms with Gasteiger partial charge in [0, 0.05) is 16.8 Å². The molecule has 1 aromatic heterocycles. The summed E-state index contributed by atoms with van der Waals surface area (Å²) >= 11 is 6.14. The molecule has 0 saturated carbocycles. The van der Waals surface area contributed by atoms with Crippen LogP contribution >= 0.6 is 11.6 Å². The van der Waals surface area contributed by atoms with E-state index in [1.165, 1.54) is 6.33 Å². The number of benzene rings is 2. The third-order valence-electron chi connectivity index (χ3n) is 4.03. The highest BCUT2D eigenvalue weighted by Crippen LogP contribution is 2.27. The highest BCUT2D eigenvalue weighted by molar-refractivity contribution is 6.31. The molecule has 2 aromatic carbocycles. The Morgan fingerprint density at radius 3 is 2.67 bits per heavy atom. The monoisotopic (exact) mass is 382 g/mol. The molecule has 0 spiro atoms. The summed E-state index contributed by atoms with van der Waals surface area (Å²) in [5.41, 5.74) is 3.53. The predicted molar refractivity (Wildman–Crippen MR) is 107 cm³/mol. The number of anilines is 3. The quantitative estimate of drug-likeness (QED) is 0.665. The number of ether oxygens (including phenoxy) is 1. The van der Waals surface area contributed by atoms with E-state index < -0.39 is 0 Å². The lowest BCUT2D eigenvalue weighted by Gasteiger charge is -2.12. The van der Waals surface area contributed by atoms with Crippen molar-refractivity contribution in [2.24, 2.45) is 0 Å². The van der Waals surface area contributed by atoms with Crippen molar-refractivity contribution < 1.29 is 9.53 Å². The van der Waals surface area contributed by atoms with Crippen molar-refractivity contribution in [3.05, 3.63) is 70.6 Å². The first-order chi connectivity index (χ1) is 13.0. The minimum Gasteiger partial charge on any atom is -0.495 e. The van der Waals surface area contributed by atoms with Crippen molar-refractivity contribution in [3.63, 3.8) is 0 Å². The molecule has 0 radical (unpaired) electrons. The van der Waals surface area contributed by atoms with Crippen LogP contribution in [0.25, 0.3) is 0 Å². The van der Waals surface area contributed by atoms with Gasteiger partial charge >= 0.3 is 0 Å². The van der Waals surface area contributed by atoms with Gasteiger partial charge in [-0.25, -0.2) is 9.97 Å². The summed E-state index contributed by atoms with van der Waals surface area (Å²) in [6.45, 7) is 3.85. The average molecular weight is 383 g/mol. The second-order valence-corrected chi connectivity index (χ2v) is 6.39. The molecule has 0 atom stereocenters. The Bertz CT molecular complexity index is 991. The largest absolute Gasteiger partial charge is 0.495 e. The highest BCUT2D eigenvalue weighted by Gasteiger charge is 2.13. The van der Waals surface area contributed by atoms with Crippen LogP contribution in [0.1, 0.15) is 21.6 Å². The van der Waals surface area contributed by atoms with Crippen LogP contribution < -0.4 is 15.4 Å². The molecule has 0 unspecified atom stereocenters. The molecule has 3 aromatic rings. The molecule has 3 rings (SSSR count). The molecule has 0 saturated heterocycles. The zero-order chi connectivity index (χ0) is 19.4. The van der Waals surface area contributed by atoms with Gasteiger partial charge in [-0.05, 0) is 49.2 Å². The number of halogens is 1. The van der Waals surface area contributed by atoms with Gasteiger partial charge in [-0.3, -0.25) is 4.79 Å². The number of hydrogen-bond donors (Lipinski definition) is 2. The van der Waals surface area contributed by atoms with Crippen LogP contribution in [0.2, 0.25) is 5.02 Å². The normalized spacial score (nSPS) is 10.4. The van der Waals surface area contributed by atoms with Crippen molar-refractivity contribution in [1.29, 1.82) is 0 Å². The van der Waals surface area contributed by atoms with E-state index in [0.29, 0.717) is 22.3 Å². The van der Waals surface area contributed by atoms with Crippen LogP contribution in [-0.2, 0) is 0 Å². The topological polar surface area (TPSA) is 76.1 Å². The smallest absolute Gasteiger partial charge is 0.274 e. The van der Waals surface area contributed by atoms with E-state index in [2.05, 4.69) is 20.6 Å². The minimum absolute atomic E-state index is 0.232. The van der Waals surface area contributed by atoms with Gasteiger partial charge in [0.2, 0.25) is 0 Å². The first kappa shape index (κ1) is 18.7. The van der Waals surface area contributed by atoms with Gasteiger partial charge in [0.15, 0.2) is 0 Å². The fraction of sp³-hybridized carbons (Fsp3) is 0.150. The van der Waals surface area contributed by atoms with Crippen molar-refractivity contribution in [3.8, 4) is 5.75 Å². The molecule has 0 bridgehead atoms. The summed E-state index contributed by atoms with van der Waals surface area (Å²) in [5, 5.41) is 6.64. The Morgan fingerprint density at radius 2 is 1.89 bits per heavy atom. The number of carbonyl (C=O) groups excluding carboxylic acids is 1. The molecule has 2 N–H and O–H groups in total. The summed E-state index contributed by atoms with van der Waals surface area (Å²) in [5.74, 6) is 0.722. The molecule has 138 valence electrons. The highest BCUT2D eigenvalue weighted by atomic mass is 35.5. The summed E-state index contributed by atoms with van der Waals surface area (Å²) in [6.07, 6.45) is 1.34. The van der Waals surface area contributed by atoms with E-state index in [4.69, 9.17) is 16.3 Å². The second kappa shape index (κ2) is 8.05. The van der Waals surface area contributed by atoms with Crippen LogP contribution in [0.5, 0.6) is 5.75 Å². The Hall–Kier alpha value is -3.12. The number of aromatic nitrogens is 2. The van der Waals surface area contributed by atoms with E-state index in [1.54, 1.807) is 19.2 Å². The SMILES string of the molecule is COc1ccc(C)cc1NC(=O)c1cc(Nc2cccc(Cl)c2C)ncn1. The summed E-state index contributed by atoms with van der Waals surface area (Å²) in [7, 11) is 1.56. The van der Waals surface area contributed by atoms with Crippen LogP contribution in [0.3, 0.4) is 0 Å². The zero-order valence-electron chi connectivity index (χ0n) is 15.2. The van der Waals surface area contributed by atoms with Gasteiger partial charge in [-0.1, -0.05) is 23.7 Å². The van der Waals surface area contributed by atoms with E-state index in [9.17, 15) is 4.79 Å². The van der Waals surface area contributed by atoms with Gasteiger partial charge in [-0.15, -0.1) is 0 Å². The Morgan fingerprint density at radius 1 is 1.07 bits per heavy atom. The molecule has 0 aliphatic heterocycles. The molecule has 27 heavy (non-hydrogen) atoms. The fourth-order valence-corrected chi connectivity index (χ4v) is 2.71. The van der Waals surface area contributed by atoms with Crippen LogP contribution in [0.15, 0.2) is 48.8 Å². The summed E-state index contributed by atoms with van der Waals surface area (Å²) in [6, 6.07) is 12.7. The minimum atomic E-state index is -0.354. The fourth-order valence-electron chi connectivity index (χ4n) is 2.54. The van der Waals surface area contributed by atoms with Crippen molar-refractivity contribution in [2.45, 2.75) is 13.8 Å². The van der Waals surface area contributed by atoms with Gasteiger partial charge in [0.1, 0.15) is 23.6 Å². The van der Waals surface area contributed by atoms with Gasteiger partial charge in [0.25, 0.3) is 5.91 Å². The number of amides is 1. The molecule has 0 fully saturated rings. The number of nitrogens with one attached hydrogen (secondary N) is 2. The van der Waals surface area contributed by atoms with E-state index >= 15 is 0 Å². The Kier molecular flexibility index (Phi) is 5.57. The van der Waals surface area contributed by atoms with Crippen molar-refractivity contribution in [1.82, 2.24) is 9.97 Å². The number of hydrogen-bond acceptors (Lipinski definition) is 5. The van der Waals surface area contributed by atoms with Gasteiger partial charge < -0.3 is 15.4 Å². The zero-order valence-corrected chi connectivity index (χ0v) is 16.0. The van der Waals surface area contributed by atoms with E-state index in [0.717, 1.165) is 16.8 Å². The lowest BCUT2D eigenvalue weighted by Crippen LogP contribution is -2.15. The van der Waals surface area contributed by atoms with Crippen molar-refractivity contribution >= 4 is 34.7 Å². The molecule has 0 aliphatic carbocycles. The first-order valence-electron chi connectivity index (χ1n) is 8.28. The molecular weight excluding hydrogens is 364 g/mol. The lowest BCUT2D eigenvalue weighted by atomic mass is 10.2. The van der Waals surface area contributed by atoms with Crippen LogP contribution in [-0.4, -0.2) is 23.0 Å². The molecular formula is C20H19ClN4O2. The lowest BCUT2D eigenvalue weighted by molar-refractivity contribution is 0.102. The third-order valence-corrected chi connectivity index (χ3v) is 4.44. The van der Waals surface area contributed by atoms with Gasteiger partial charge in [0.05, 0.1) is 12.8 Å². The maximum absolute atomic E-state index is 12.6. The molecule has 7 heteroatoms. The number of methoxy groups -OCH3 is 1. The molecule has 6 nitrogen and oxygen atoms in total.